The number of rotatable bonds is 3. The zero-order valence-electron chi connectivity index (χ0n) is 13.2. The van der Waals surface area contributed by atoms with Crippen LogP contribution in [0, 0.1) is 5.92 Å². The fourth-order valence-corrected chi connectivity index (χ4v) is 3.75. The van der Waals surface area contributed by atoms with Crippen molar-refractivity contribution in [1.29, 1.82) is 0 Å². The SMILES string of the molecule is NCC1CCN(C(=O)c2nn(-c3ccccc3)c3c2CCC3)C1. The van der Waals surface area contributed by atoms with Gasteiger partial charge in [0.15, 0.2) is 5.69 Å². The number of nitrogens with zero attached hydrogens (tertiary/aromatic N) is 3. The molecule has 2 aromatic rings. The van der Waals surface area contributed by atoms with Crippen molar-refractivity contribution in [1.82, 2.24) is 14.7 Å². The number of amides is 1. The molecule has 4 rings (SSSR count). The van der Waals surface area contributed by atoms with Crippen molar-refractivity contribution in [2.45, 2.75) is 25.7 Å². The maximum Gasteiger partial charge on any atom is 0.274 e. The van der Waals surface area contributed by atoms with E-state index in [1.807, 2.05) is 39.9 Å². The molecule has 1 atom stereocenters. The third-order valence-electron chi connectivity index (χ3n) is 5.04. The molecular formula is C18H22N4O. The first-order valence-electron chi connectivity index (χ1n) is 8.43. The van der Waals surface area contributed by atoms with Gasteiger partial charge in [-0.05, 0) is 50.3 Å². The molecule has 1 unspecified atom stereocenters. The highest BCUT2D eigenvalue weighted by atomic mass is 16.2. The highest BCUT2D eigenvalue weighted by molar-refractivity contribution is 5.94. The highest BCUT2D eigenvalue weighted by Crippen LogP contribution is 2.29. The van der Waals surface area contributed by atoms with E-state index in [-0.39, 0.29) is 5.91 Å². The highest BCUT2D eigenvalue weighted by Gasteiger charge is 2.32. The normalized spacial score (nSPS) is 20.0. The van der Waals surface area contributed by atoms with E-state index in [9.17, 15) is 4.79 Å². The van der Waals surface area contributed by atoms with E-state index in [2.05, 4.69) is 0 Å². The summed E-state index contributed by atoms with van der Waals surface area (Å²) in [5.74, 6) is 0.511. The fraction of sp³-hybridized carbons (Fsp3) is 0.444. The summed E-state index contributed by atoms with van der Waals surface area (Å²) < 4.78 is 1.96. The molecule has 1 aliphatic heterocycles. The Kier molecular flexibility index (Phi) is 3.65. The minimum Gasteiger partial charge on any atom is -0.337 e. The second kappa shape index (κ2) is 5.81. The number of aromatic nitrogens is 2. The molecule has 1 fully saturated rings. The molecule has 0 saturated carbocycles. The number of likely N-dealkylation sites (tertiary alicyclic amines) is 1. The topological polar surface area (TPSA) is 64.2 Å². The fourth-order valence-electron chi connectivity index (χ4n) is 3.75. The van der Waals surface area contributed by atoms with E-state index in [1.54, 1.807) is 0 Å². The Balaban J connectivity index is 1.69. The van der Waals surface area contributed by atoms with E-state index in [1.165, 1.54) is 5.69 Å². The Morgan fingerprint density at radius 1 is 1.26 bits per heavy atom. The summed E-state index contributed by atoms with van der Waals surface area (Å²) in [6, 6.07) is 10.1. The molecule has 1 aliphatic carbocycles. The van der Waals surface area contributed by atoms with E-state index >= 15 is 0 Å². The van der Waals surface area contributed by atoms with E-state index in [0.29, 0.717) is 18.2 Å². The molecule has 23 heavy (non-hydrogen) atoms. The van der Waals surface area contributed by atoms with Crippen molar-refractivity contribution in [2.24, 2.45) is 11.7 Å². The minimum atomic E-state index is 0.0776. The van der Waals surface area contributed by atoms with Gasteiger partial charge in [-0.1, -0.05) is 18.2 Å². The lowest BCUT2D eigenvalue weighted by Gasteiger charge is -2.15. The van der Waals surface area contributed by atoms with Gasteiger partial charge in [-0.2, -0.15) is 5.10 Å². The van der Waals surface area contributed by atoms with Crippen LogP contribution in [0.5, 0.6) is 0 Å². The van der Waals surface area contributed by atoms with Crippen LogP contribution in [-0.2, 0) is 12.8 Å². The maximum absolute atomic E-state index is 12.9. The first kappa shape index (κ1) is 14.5. The van der Waals surface area contributed by atoms with Crippen molar-refractivity contribution < 1.29 is 4.79 Å². The van der Waals surface area contributed by atoms with Crippen LogP contribution in [0.3, 0.4) is 0 Å². The summed E-state index contributed by atoms with van der Waals surface area (Å²) in [6.07, 6.45) is 4.06. The van der Waals surface area contributed by atoms with Crippen LogP contribution in [0.2, 0.25) is 0 Å². The summed E-state index contributed by atoms with van der Waals surface area (Å²) in [6.45, 7) is 2.22. The molecule has 5 nitrogen and oxygen atoms in total. The van der Waals surface area contributed by atoms with Crippen LogP contribution >= 0.6 is 0 Å². The Morgan fingerprint density at radius 3 is 2.83 bits per heavy atom. The van der Waals surface area contributed by atoms with E-state index in [0.717, 1.165) is 50.0 Å². The largest absolute Gasteiger partial charge is 0.337 e. The molecule has 5 heteroatoms. The number of fused-ring (bicyclic) bond motifs is 1. The van der Waals surface area contributed by atoms with Crippen LogP contribution in [0.15, 0.2) is 30.3 Å². The van der Waals surface area contributed by atoms with Gasteiger partial charge >= 0.3 is 0 Å². The van der Waals surface area contributed by atoms with E-state index < -0.39 is 0 Å². The predicted molar refractivity (Wildman–Crippen MR) is 88.7 cm³/mol. The predicted octanol–water partition coefficient (Wildman–Crippen LogP) is 1.78. The molecule has 120 valence electrons. The molecular weight excluding hydrogens is 288 g/mol. The zero-order chi connectivity index (χ0) is 15.8. The molecule has 2 aliphatic rings. The minimum absolute atomic E-state index is 0.0776. The number of benzene rings is 1. The summed E-state index contributed by atoms with van der Waals surface area (Å²) in [5, 5.41) is 4.69. The van der Waals surface area contributed by atoms with Crippen molar-refractivity contribution >= 4 is 5.91 Å². The van der Waals surface area contributed by atoms with Crippen LogP contribution in [0.1, 0.15) is 34.6 Å². The van der Waals surface area contributed by atoms with Gasteiger partial charge in [-0.15, -0.1) is 0 Å². The number of hydrogen-bond acceptors (Lipinski definition) is 3. The molecule has 0 bridgehead atoms. The number of para-hydroxylation sites is 1. The number of nitrogens with two attached hydrogens (primary N) is 1. The molecule has 0 spiro atoms. The molecule has 1 aromatic heterocycles. The average molecular weight is 310 g/mol. The Morgan fingerprint density at radius 2 is 2.09 bits per heavy atom. The first-order valence-corrected chi connectivity index (χ1v) is 8.43. The van der Waals surface area contributed by atoms with Gasteiger partial charge in [0.2, 0.25) is 0 Å². The summed E-state index contributed by atoms with van der Waals surface area (Å²) in [5.41, 5.74) is 9.78. The zero-order valence-corrected chi connectivity index (χ0v) is 13.2. The number of carbonyl (C=O) groups is 1. The standard InChI is InChI=1S/C18H22N4O/c19-11-13-9-10-21(12-13)18(23)17-15-7-4-8-16(15)22(20-17)14-5-2-1-3-6-14/h1-3,5-6,13H,4,7-12,19H2. The van der Waals surface area contributed by atoms with Gasteiger partial charge in [-0.25, -0.2) is 4.68 Å². The lowest BCUT2D eigenvalue weighted by atomic mass is 10.1. The number of hydrogen-bond donors (Lipinski definition) is 1. The van der Waals surface area contributed by atoms with Gasteiger partial charge in [0.1, 0.15) is 0 Å². The van der Waals surface area contributed by atoms with Crippen LogP contribution in [0.25, 0.3) is 5.69 Å². The third-order valence-corrected chi connectivity index (χ3v) is 5.04. The molecule has 2 N–H and O–H groups in total. The second-order valence-corrected chi connectivity index (χ2v) is 6.52. The Labute approximate surface area is 136 Å². The van der Waals surface area contributed by atoms with Crippen molar-refractivity contribution in [2.75, 3.05) is 19.6 Å². The summed E-state index contributed by atoms with van der Waals surface area (Å²) >= 11 is 0. The Bertz CT molecular complexity index is 722. The quantitative estimate of drug-likeness (QED) is 0.940. The monoisotopic (exact) mass is 310 g/mol. The van der Waals surface area contributed by atoms with Crippen molar-refractivity contribution in [3.05, 3.63) is 47.3 Å². The van der Waals surface area contributed by atoms with Gasteiger partial charge in [0.05, 0.1) is 5.69 Å². The molecule has 1 aromatic carbocycles. The first-order chi connectivity index (χ1) is 11.3. The van der Waals surface area contributed by atoms with Gasteiger partial charge in [-0.3, -0.25) is 4.79 Å². The van der Waals surface area contributed by atoms with Gasteiger partial charge < -0.3 is 10.6 Å². The molecule has 1 amide bonds. The van der Waals surface area contributed by atoms with Gasteiger partial charge in [0.25, 0.3) is 5.91 Å². The van der Waals surface area contributed by atoms with Crippen LogP contribution in [0.4, 0.5) is 0 Å². The van der Waals surface area contributed by atoms with Crippen molar-refractivity contribution in [3.8, 4) is 5.69 Å². The lowest BCUT2D eigenvalue weighted by Crippen LogP contribution is -2.30. The van der Waals surface area contributed by atoms with Crippen molar-refractivity contribution in [3.63, 3.8) is 0 Å². The molecule has 1 saturated heterocycles. The smallest absolute Gasteiger partial charge is 0.274 e. The average Bonchev–Trinajstić information content (AvgIpc) is 3.30. The number of carbonyl (C=O) groups excluding carboxylic acids is 1. The Hall–Kier alpha value is -2.14. The molecule has 0 radical (unpaired) electrons. The van der Waals surface area contributed by atoms with E-state index in [4.69, 9.17) is 10.8 Å². The van der Waals surface area contributed by atoms with Crippen LogP contribution < -0.4 is 5.73 Å². The molecule has 2 heterocycles. The van der Waals surface area contributed by atoms with Crippen LogP contribution in [-0.4, -0.2) is 40.2 Å². The van der Waals surface area contributed by atoms with Gasteiger partial charge in [0, 0.05) is 24.3 Å². The summed E-state index contributed by atoms with van der Waals surface area (Å²) in [7, 11) is 0. The summed E-state index contributed by atoms with van der Waals surface area (Å²) in [4.78, 5) is 14.8. The maximum atomic E-state index is 12.9. The third kappa shape index (κ3) is 2.45. The second-order valence-electron chi connectivity index (χ2n) is 6.52. The lowest BCUT2D eigenvalue weighted by molar-refractivity contribution is 0.0780.